The van der Waals surface area contributed by atoms with Gasteiger partial charge in [0.2, 0.25) is 0 Å². The van der Waals surface area contributed by atoms with Crippen LogP contribution in [0.25, 0.3) is 0 Å². The molecule has 0 N–H and O–H groups in total. The predicted molar refractivity (Wildman–Crippen MR) is 108 cm³/mol. The summed E-state index contributed by atoms with van der Waals surface area (Å²) < 4.78 is 5.51. The lowest BCUT2D eigenvalue weighted by Gasteiger charge is -2.24. The summed E-state index contributed by atoms with van der Waals surface area (Å²) in [6.07, 6.45) is 0. The van der Waals surface area contributed by atoms with E-state index in [0.717, 1.165) is 22.4 Å². The van der Waals surface area contributed by atoms with Crippen LogP contribution in [0.5, 0.6) is 5.75 Å². The summed E-state index contributed by atoms with van der Waals surface area (Å²) >= 11 is 0. The fourth-order valence-corrected chi connectivity index (χ4v) is 3.24. The van der Waals surface area contributed by atoms with Crippen LogP contribution in [0.3, 0.4) is 0 Å². The van der Waals surface area contributed by atoms with E-state index < -0.39 is 0 Å². The first-order valence-corrected chi connectivity index (χ1v) is 9.04. The van der Waals surface area contributed by atoms with E-state index in [1.165, 1.54) is 0 Å². The maximum atomic E-state index is 9.18. The Labute approximate surface area is 165 Å². The van der Waals surface area contributed by atoms with Crippen molar-refractivity contribution in [1.82, 2.24) is 4.90 Å². The maximum absolute atomic E-state index is 9.18. The quantitative estimate of drug-likeness (QED) is 0.610. The van der Waals surface area contributed by atoms with Gasteiger partial charge in [-0.1, -0.05) is 42.5 Å². The highest BCUT2D eigenvalue weighted by molar-refractivity contribution is 5.36. The Morgan fingerprint density at radius 2 is 1.32 bits per heavy atom. The van der Waals surface area contributed by atoms with Crippen molar-refractivity contribution in [3.63, 3.8) is 0 Å². The normalized spacial score (nSPS) is 10.3. The largest absolute Gasteiger partial charge is 0.496 e. The molecule has 0 spiro atoms. The SMILES string of the molecule is COc1ccccc1CN(Cc1cccc(C#N)c1)Cc1cccc(C#N)c1. The second-order valence-corrected chi connectivity index (χ2v) is 6.58. The second-order valence-electron chi connectivity index (χ2n) is 6.58. The Hall–Kier alpha value is -3.60. The minimum Gasteiger partial charge on any atom is -0.496 e. The van der Waals surface area contributed by atoms with Gasteiger partial charge in [-0.15, -0.1) is 0 Å². The van der Waals surface area contributed by atoms with Crippen LogP contribution in [0.4, 0.5) is 0 Å². The third-order valence-electron chi connectivity index (χ3n) is 4.51. The Morgan fingerprint density at radius 3 is 1.86 bits per heavy atom. The van der Waals surface area contributed by atoms with Crippen LogP contribution < -0.4 is 4.74 Å². The van der Waals surface area contributed by atoms with Crippen molar-refractivity contribution in [2.24, 2.45) is 0 Å². The molecule has 28 heavy (non-hydrogen) atoms. The molecule has 0 aliphatic carbocycles. The Kier molecular flexibility index (Phi) is 6.41. The van der Waals surface area contributed by atoms with Crippen molar-refractivity contribution in [1.29, 1.82) is 10.5 Å². The van der Waals surface area contributed by atoms with Crippen LogP contribution in [-0.2, 0) is 19.6 Å². The Bertz CT molecular complexity index is 971. The van der Waals surface area contributed by atoms with Crippen LogP contribution in [0.2, 0.25) is 0 Å². The molecule has 3 rings (SSSR count). The van der Waals surface area contributed by atoms with E-state index in [1.54, 1.807) is 7.11 Å². The second kappa shape index (κ2) is 9.37. The van der Waals surface area contributed by atoms with Crippen LogP contribution in [0.15, 0.2) is 72.8 Å². The average Bonchev–Trinajstić information content (AvgIpc) is 2.74. The van der Waals surface area contributed by atoms with Gasteiger partial charge in [0.1, 0.15) is 5.75 Å². The number of rotatable bonds is 7. The van der Waals surface area contributed by atoms with E-state index in [0.29, 0.717) is 30.8 Å². The van der Waals surface area contributed by atoms with Crippen molar-refractivity contribution in [2.75, 3.05) is 7.11 Å². The Balaban J connectivity index is 1.88. The third kappa shape index (κ3) is 4.98. The van der Waals surface area contributed by atoms with Gasteiger partial charge >= 0.3 is 0 Å². The lowest BCUT2D eigenvalue weighted by Crippen LogP contribution is -2.23. The molecule has 0 amide bonds. The highest BCUT2D eigenvalue weighted by atomic mass is 16.5. The van der Waals surface area contributed by atoms with Gasteiger partial charge in [0.15, 0.2) is 0 Å². The van der Waals surface area contributed by atoms with E-state index in [-0.39, 0.29) is 0 Å². The molecule has 4 nitrogen and oxygen atoms in total. The minimum absolute atomic E-state index is 0.654. The topological polar surface area (TPSA) is 60.0 Å². The number of nitriles is 2. The van der Waals surface area contributed by atoms with Crippen molar-refractivity contribution in [3.8, 4) is 17.9 Å². The predicted octanol–water partition coefficient (Wildman–Crippen LogP) is 4.64. The van der Waals surface area contributed by atoms with Gasteiger partial charge in [-0.05, 0) is 41.5 Å². The third-order valence-corrected chi connectivity index (χ3v) is 4.51. The van der Waals surface area contributed by atoms with Gasteiger partial charge in [-0.3, -0.25) is 4.90 Å². The molecule has 0 unspecified atom stereocenters. The number of para-hydroxylation sites is 1. The van der Waals surface area contributed by atoms with Gasteiger partial charge in [0, 0.05) is 25.2 Å². The van der Waals surface area contributed by atoms with Gasteiger partial charge in [0.25, 0.3) is 0 Å². The van der Waals surface area contributed by atoms with Crippen molar-refractivity contribution >= 4 is 0 Å². The summed E-state index contributed by atoms with van der Waals surface area (Å²) in [6.45, 7) is 2.06. The van der Waals surface area contributed by atoms with E-state index in [2.05, 4.69) is 23.1 Å². The van der Waals surface area contributed by atoms with Crippen molar-refractivity contribution in [2.45, 2.75) is 19.6 Å². The highest BCUT2D eigenvalue weighted by Crippen LogP contribution is 2.22. The van der Waals surface area contributed by atoms with Gasteiger partial charge in [0.05, 0.1) is 30.4 Å². The summed E-state index contributed by atoms with van der Waals surface area (Å²) in [6, 6.07) is 27.7. The summed E-state index contributed by atoms with van der Waals surface area (Å²) in [7, 11) is 1.68. The number of ether oxygens (including phenoxy) is 1. The molecule has 0 radical (unpaired) electrons. The van der Waals surface area contributed by atoms with Crippen molar-refractivity contribution in [3.05, 3.63) is 101 Å². The van der Waals surface area contributed by atoms with Gasteiger partial charge < -0.3 is 4.74 Å². The molecule has 0 bridgehead atoms. The number of nitrogens with zero attached hydrogens (tertiary/aromatic N) is 3. The summed E-state index contributed by atoms with van der Waals surface area (Å²) in [5.41, 5.74) is 4.55. The first kappa shape index (κ1) is 19.2. The molecule has 3 aromatic carbocycles. The summed E-state index contributed by atoms with van der Waals surface area (Å²) in [5, 5.41) is 18.4. The fourth-order valence-electron chi connectivity index (χ4n) is 3.24. The molecule has 0 saturated carbocycles. The molecule has 0 aromatic heterocycles. The highest BCUT2D eigenvalue weighted by Gasteiger charge is 2.12. The molecule has 0 fully saturated rings. The first-order chi connectivity index (χ1) is 13.7. The van der Waals surface area contributed by atoms with Gasteiger partial charge in [-0.2, -0.15) is 10.5 Å². The molecular weight excluding hydrogens is 346 g/mol. The van der Waals surface area contributed by atoms with E-state index in [9.17, 15) is 10.5 Å². The Morgan fingerprint density at radius 1 is 0.750 bits per heavy atom. The molecular formula is C24H21N3O. The van der Waals surface area contributed by atoms with Crippen LogP contribution >= 0.6 is 0 Å². The van der Waals surface area contributed by atoms with E-state index in [1.807, 2.05) is 66.7 Å². The van der Waals surface area contributed by atoms with Crippen LogP contribution in [-0.4, -0.2) is 12.0 Å². The van der Waals surface area contributed by atoms with Crippen LogP contribution in [0, 0.1) is 22.7 Å². The van der Waals surface area contributed by atoms with Crippen LogP contribution in [0.1, 0.15) is 27.8 Å². The molecule has 0 saturated heterocycles. The van der Waals surface area contributed by atoms with Crippen molar-refractivity contribution < 1.29 is 4.74 Å². The molecule has 0 aliphatic rings. The van der Waals surface area contributed by atoms with Gasteiger partial charge in [-0.25, -0.2) is 0 Å². The lowest BCUT2D eigenvalue weighted by molar-refractivity contribution is 0.243. The molecule has 0 heterocycles. The molecule has 3 aromatic rings. The molecule has 4 heteroatoms. The monoisotopic (exact) mass is 367 g/mol. The standard InChI is InChI=1S/C24H21N3O/c1-28-24-11-3-2-10-23(24)18-27(16-21-8-4-6-19(12-21)14-25)17-22-9-5-7-20(13-22)15-26/h2-13H,16-18H2,1H3. The van der Waals surface area contributed by atoms with E-state index in [4.69, 9.17) is 4.74 Å². The van der Waals surface area contributed by atoms with E-state index >= 15 is 0 Å². The molecule has 138 valence electrons. The zero-order chi connectivity index (χ0) is 19.8. The first-order valence-electron chi connectivity index (χ1n) is 9.04. The molecule has 0 atom stereocenters. The zero-order valence-corrected chi connectivity index (χ0v) is 15.8. The fraction of sp³-hybridized carbons (Fsp3) is 0.167. The number of hydrogen-bond acceptors (Lipinski definition) is 4. The number of benzene rings is 3. The minimum atomic E-state index is 0.654. The zero-order valence-electron chi connectivity index (χ0n) is 15.8. The number of hydrogen-bond donors (Lipinski definition) is 0. The average molecular weight is 367 g/mol. The molecule has 0 aliphatic heterocycles. The number of methoxy groups -OCH3 is 1. The smallest absolute Gasteiger partial charge is 0.123 e. The summed E-state index contributed by atoms with van der Waals surface area (Å²) in [4.78, 5) is 2.28. The summed E-state index contributed by atoms with van der Waals surface area (Å²) in [5.74, 6) is 0.851. The maximum Gasteiger partial charge on any atom is 0.123 e. The lowest BCUT2D eigenvalue weighted by atomic mass is 10.1.